The van der Waals surface area contributed by atoms with Crippen molar-refractivity contribution in [3.8, 4) is 0 Å². The van der Waals surface area contributed by atoms with E-state index in [1.165, 1.54) is 33.6 Å². The molecule has 0 aliphatic heterocycles. The molecule has 0 unspecified atom stereocenters. The van der Waals surface area contributed by atoms with Gasteiger partial charge in [-0.1, -0.05) is 11.6 Å². The summed E-state index contributed by atoms with van der Waals surface area (Å²) in [6.07, 6.45) is 3.61. The highest BCUT2D eigenvalue weighted by molar-refractivity contribution is 7.98. The Morgan fingerprint density at radius 1 is 1.22 bits per heavy atom. The van der Waals surface area contributed by atoms with Gasteiger partial charge in [-0.05, 0) is 49.1 Å². The van der Waals surface area contributed by atoms with Crippen LogP contribution in [-0.4, -0.2) is 17.0 Å². The minimum atomic E-state index is 0.759. The number of nitrogens with one attached hydrogen (secondary N) is 1. The first-order valence-corrected chi connectivity index (χ1v) is 9.80. The standard InChI is InChI=1S/C17H16ClN3S2/c1-19-16-15-12-3-2-4-13(12)23-17(15)21-14(20-16)9-22-11-7-5-10(18)6-8-11/h5-8H,2-4,9H2,1H3,(H,19,20,21). The van der Waals surface area contributed by atoms with E-state index in [0.717, 1.165) is 33.7 Å². The first-order chi connectivity index (χ1) is 11.2. The van der Waals surface area contributed by atoms with Crippen LogP contribution in [0.5, 0.6) is 0 Å². The van der Waals surface area contributed by atoms with Crippen LogP contribution in [0, 0.1) is 0 Å². The fourth-order valence-electron chi connectivity index (χ4n) is 2.96. The molecule has 2 heterocycles. The van der Waals surface area contributed by atoms with Gasteiger partial charge in [0.05, 0.1) is 11.1 Å². The Bertz CT molecular complexity index is 858. The van der Waals surface area contributed by atoms with Crippen molar-refractivity contribution in [1.29, 1.82) is 0 Å². The van der Waals surface area contributed by atoms with E-state index in [2.05, 4.69) is 5.32 Å². The van der Waals surface area contributed by atoms with Crippen molar-refractivity contribution in [2.75, 3.05) is 12.4 Å². The zero-order valence-corrected chi connectivity index (χ0v) is 15.1. The summed E-state index contributed by atoms with van der Waals surface area (Å²) >= 11 is 9.50. The van der Waals surface area contributed by atoms with E-state index in [0.29, 0.717) is 0 Å². The van der Waals surface area contributed by atoms with Crippen LogP contribution in [0.1, 0.15) is 22.7 Å². The van der Waals surface area contributed by atoms with Crippen LogP contribution in [0.3, 0.4) is 0 Å². The van der Waals surface area contributed by atoms with Gasteiger partial charge in [0.25, 0.3) is 0 Å². The highest BCUT2D eigenvalue weighted by atomic mass is 35.5. The van der Waals surface area contributed by atoms with Crippen molar-refractivity contribution < 1.29 is 0 Å². The molecule has 0 saturated heterocycles. The number of anilines is 1. The second-order valence-corrected chi connectivity index (χ2v) is 8.09. The molecule has 23 heavy (non-hydrogen) atoms. The first kappa shape index (κ1) is 15.2. The van der Waals surface area contributed by atoms with Crippen LogP contribution in [0.25, 0.3) is 10.2 Å². The van der Waals surface area contributed by atoms with Gasteiger partial charge in [-0.3, -0.25) is 0 Å². The quantitative estimate of drug-likeness (QED) is 0.651. The van der Waals surface area contributed by atoms with Gasteiger partial charge < -0.3 is 5.32 Å². The molecule has 0 amide bonds. The summed E-state index contributed by atoms with van der Waals surface area (Å²) in [6, 6.07) is 7.89. The van der Waals surface area contributed by atoms with Crippen LogP contribution in [0.15, 0.2) is 29.2 Å². The lowest BCUT2D eigenvalue weighted by molar-refractivity contribution is 0.916. The fourth-order valence-corrected chi connectivity index (χ4v) is 5.12. The molecule has 3 nitrogen and oxygen atoms in total. The monoisotopic (exact) mass is 361 g/mol. The summed E-state index contributed by atoms with van der Waals surface area (Å²) in [5, 5.41) is 5.26. The molecule has 6 heteroatoms. The van der Waals surface area contributed by atoms with E-state index in [1.54, 1.807) is 11.8 Å². The van der Waals surface area contributed by atoms with Gasteiger partial charge in [-0.2, -0.15) is 0 Å². The maximum atomic E-state index is 5.93. The van der Waals surface area contributed by atoms with Crippen LogP contribution in [0.2, 0.25) is 5.02 Å². The summed E-state index contributed by atoms with van der Waals surface area (Å²) in [4.78, 5) is 13.3. The van der Waals surface area contributed by atoms with E-state index >= 15 is 0 Å². The molecule has 1 aromatic carbocycles. The number of thioether (sulfide) groups is 1. The lowest BCUT2D eigenvalue weighted by Gasteiger charge is -2.07. The van der Waals surface area contributed by atoms with Crippen LogP contribution in [-0.2, 0) is 18.6 Å². The topological polar surface area (TPSA) is 37.8 Å². The van der Waals surface area contributed by atoms with E-state index in [-0.39, 0.29) is 0 Å². The molecule has 2 aromatic heterocycles. The van der Waals surface area contributed by atoms with Crippen molar-refractivity contribution in [3.63, 3.8) is 0 Å². The molecule has 1 aliphatic carbocycles. The number of aryl methyl sites for hydroxylation is 2. The Hall–Kier alpha value is -1.30. The zero-order chi connectivity index (χ0) is 15.8. The van der Waals surface area contributed by atoms with Gasteiger partial charge in [0.2, 0.25) is 0 Å². The molecule has 3 aromatic rings. The van der Waals surface area contributed by atoms with E-state index in [1.807, 2.05) is 42.6 Å². The van der Waals surface area contributed by atoms with Crippen LogP contribution in [0.4, 0.5) is 5.82 Å². The molecule has 0 spiro atoms. The largest absolute Gasteiger partial charge is 0.372 e. The zero-order valence-electron chi connectivity index (χ0n) is 12.7. The molecular formula is C17H16ClN3S2. The van der Waals surface area contributed by atoms with Crippen molar-refractivity contribution in [1.82, 2.24) is 9.97 Å². The van der Waals surface area contributed by atoms with Crippen molar-refractivity contribution in [2.45, 2.75) is 29.9 Å². The van der Waals surface area contributed by atoms with Gasteiger partial charge in [-0.25, -0.2) is 9.97 Å². The average molecular weight is 362 g/mol. The van der Waals surface area contributed by atoms with Crippen LogP contribution < -0.4 is 5.32 Å². The second kappa shape index (κ2) is 6.30. The normalized spacial score (nSPS) is 13.5. The molecule has 1 N–H and O–H groups in total. The number of hydrogen-bond donors (Lipinski definition) is 1. The number of fused-ring (bicyclic) bond motifs is 3. The average Bonchev–Trinajstić information content (AvgIpc) is 3.14. The molecular weight excluding hydrogens is 346 g/mol. The Morgan fingerprint density at radius 3 is 2.83 bits per heavy atom. The predicted molar refractivity (Wildman–Crippen MR) is 100.0 cm³/mol. The molecule has 4 rings (SSSR count). The van der Waals surface area contributed by atoms with Crippen molar-refractivity contribution >= 4 is 50.7 Å². The first-order valence-electron chi connectivity index (χ1n) is 7.62. The molecule has 118 valence electrons. The third-order valence-electron chi connectivity index (χ3n) is 4.03. The maximum Gasteiger partial charge on any atom is 0.142 e. The number of aromatic nitrogens is 2. The summed E-state index contributed by atoms with van der Waals surface area (Å²) in [5.74, 6) is 2.61. The molecule has 0 fully saturated rings. The SMILES string of the molecule is CNc1nc(CSc2ccc(Cl)cc2)nc2sc3c(c12)CCC3. The third kappa shape index (κ3) is 2.93. The van der Waals surface area contributed by atoms with Crippen LogP contribution >= 0.6 is 34.7 Å². The third-order valence-corrected chi connectivity index (χ3v) is 6.48. The highest BCUT2D eigenvalue weighted by Gasteiger charge is 2.21. The van der Waals surface area contributed by atoms with Crippen molar-refractivity contribution in [3.05, 3.63) is 45.6 Å². The Labute approximate surface area is 148 Å². The summed E-state index contributed by atoms with van der Waals surface area (Å²) in [5.41, 5.74) is 1.46. The fraction of sp³-hybridized carbons (Fsp3) is 0.294. The lowest BCUT2D eigenvalue weighted by atomic mass is 10.2. The van der Waals surface area contributed by atoms with Gasteiger partial charge >= 0.3 is 0 Å². The number of nitrogens with zero attached hydrogens (tertiary/aromatic N) is 2. The summed E-state index contributed by atoms with van der Waals surface area (Å²) in [7, 11) is 1.94. The smallest absolute Gasteiger partial charge is 0.142 e. The minimum Gasteiger partial charge on any atom is -0.372 e. The van der Waals surface area contributed by atoms with E-state index in [4.69, 9.17) is 21.6 Å². The Balaban J connectivity index is 1.64. The van der Waals surface area contributed by atoms with Gasteiger partial charge in [-0.15, -0.1) is 23.1 Å². The van der Waals surface area contributed by atoms with Gasteiger partial charge in [0, 0.05) is 21.8 Å². The van der Waals surface area contributed by atoms with Gasteiger partial charge in [0.15, 0.2) is 0 Å². The highest BCUT2D eigenvalue weighted by Crippen LogP contribution is 2.39. The van der Waals surface area contributed by atoms with E-state index in [9.17, 15) is 0 Å². The number of thiophene rings is 1. The summed E-state index contributed by atoms with van der Waals surface area (Å²) in [6.45, 7) is 0. The van der Waals surface area contributed by atoms with E-state index < -0.39 is 0 Å². The lowest BCUT2D eigenvalue weighted by Crippen LogP contribution is -2.00. The molecule has 0 saturated carbocycles. The Kier molecular flexibility index (Phi) is 4.18. The molecule has 0 bridgehead atoms. The number of halogens is 1. The molecule has 0 atom stereocenters. The number of hydrogen-bond acceptors (Lipinski definition) is 5. The van der Waals surface area contributed by atoms with Gasteiger partial charge in [0.1, 0.15) is 16.5 Å². The number of benzene rings is 1. The second-order valence-electron chi connectivity index (χ2n) is 5.52. The predicted octanol–water partition coefficient (Wildman–Crippen LogP) is 5.17. The maximum absolute atomic E-state index is 5.93. The minimum absolute atomic E-state index is 0.759. The molecule has 1 aliphatic rings. The number of rotatable bonds is 4. The summed E-state index contributed by atoms with van der Waals surface area (Å²) < 4.78 is 0. The molecule has 0 radical (unpaired) electrons. The Morgan fingerprint density at radius 2 is 2.04 bits per heavy atom. The van der Waals surface area contributed by atoms with Crippen molar-refractivity contribution in [2.24, 2.45) is 0 Å².